The maximum atomic E-state index is 14.1. The Morgan fingerprint density at radius 1 is 0.842 bits per heavy atom. The highest BCUT2D eigenvalue weighted by atomic mass is 35.5. The minimum Gasteiger partial charge on any atom is -0.358 e. The molecule has 0 saturated carbocycles. The standard InChI is InChI=1S/C32H28Cl2N2O2/c1-6-32(4,5)31-24(19-12-8-10-14-21(19)36-31)26-28(34)29(37)25(27(33)30(26)38)23-18-11-7-9-13-20(18)35-22(23)16-15-17(2)3/h6-15,35-36H,1,16H2,2-5H3. The molecule has 4 nitrogen and oxygen atoms in total. The molecule has 2 heterocycles. The number of benzene rings is 2. The Balaban J connectivity index is 1.77. The van der Waals surface area contributed by atoms with Crippen molar-refractivity contribution in [1.82, 2.24) is 9.97 Å². The number of carbonyl (C=O) groups excluding carboxylic acids is 2. The average Bonchev–Trinajstić information content (AvgIpc) is 3.46. The number of H-pyrrole nitrogens is 2. The number of rotatable bonds is 6. The first kappa shape index (κ1) is 26.0. The van der Waals surface area contributed by atoms with E-state index in [2.05, 4.69) is 22.6 Å². The van der Waals surface area contributed by atoms with E-state index in [1.165, 1.54) is 0 Å². The minimum absolute atomic E-state index is 0.110. The summed E-state index contributed by atoms with van der Waals surface area (Å²) < 4.78 is 0. The molecule has 2 aromatic heterocycles. The summed E-state index contributed by atoms with van der Waals surface area (Å²) in [6.07, 6.45) is 4.42. The molecule has 0 unspecified atom stereocenters. The van der Waals surface area contributed by atoms with Crippen LogP contribution < -0.4 is 0 Å². The number of hydrogen-bond donors (Lipinski definition) is 2. The number of carbonyl (C=O) groups is 2. The molecule has 0 atom stereocenters. The van der Waals surface area contributed by atoms with Crippen molar-refractivity contribution in [2.24, 2.45) is 0 Å². The van der Waals surface area contributed by atoms with Crippen molar-refractivity contribution < 1.29 is 9.59 Å². The number of fused-ring (bicyclic) bond motifs is 2. The molecule has 0 aliphatic heterocycles. The summed E-state index contributed by atoms with van der Waals surface area (Å²) in [5, 5.41) is 1.33. The van der Waals surface area contributed by atoms with Gasteiger partial charge < -0.3 is 9.97 Å². The molecule has 2 aromatic carbocycles. The first-order chi connectivity index (χ1) is 18.1. The number of nitrogens with one attached hydrogen (secondary N) is 2. The van der Waals surface area contributed by atoms with Crippen LogP contribution in [0.3, 0.4) is 0 Å². The largest absolute Gasteiger partial charge is 0.358 e. The molecule has 0 spiro atoms. The van der Waals surface area contributed by atoms with E-state index in [-0.39, 0.29) is 21.2 Å². The monoisotopic (exact) mass is 542 g/mol. The smallest absolute Gasteiger partial charge is 0.207 e. The van der Waals surface area contributed by atoms with Gasteiger partial charge in [-0.3, -0.25) is 9.59 Å². The maximum Gasteiger partial charge on any atom is 0.207 e. The molecule has 1 aliphatic rings. The normalized spacial score (nSPS) is 14.7. The summed E-state index contributed by atoms with van der Waals surface area (Å²) in [4.78, 5) is 34.9. The van der Waals surface area contributed by atoms with Gasteiger partial charge in [-0.2, -0.15) is 0 Å². The number of allylic oxidation sites excluding steroid dienone is 7. The zero-order chi connectivity index (χ0) is 27.4. The Morgan fingerprint density at radius 2 is 1.34 bits per heavy atom. The van der Waals surface area contributed by atoms with Gasteiger partial charge in [-0.15, -0.1) is 6.58 Å². The Hall–Kier alpha value is -3.60. The second-order valence-electron chi connectivity index (χ2n) is 10.4. The highest BCUT2D eigenvalue weighted by molar-refractivity contribution is 6.68. The summed E-state index contributed by atoms with van der Waals surface area (Å²) in [6.45, 7) is 12.0. The fourth-order valence-corrected chi connectivity index (χ4v) is 5.57. The predicted octanol–water partition coefficient (Wildman–Crippen LogP) is 8.37. The third kappa shape index (κ3) is 4.09. The minimum atomic E-state index is -0.535. The number of hydrogen-bond acceptors (Lipinski definition) is 2. The van der Waals surface area contributed by atoms with Gasteiger partial charge in [0.15, 0.2) is 0 Å². The van der Waals surface area contributed by atoms with Crippen molar-refractivity contribution in [2.75, 3.05) is 0 Å². The number of Topliss-reactive ketones (excluding diaryl/α,β-unsaturated/α-hetero) is 2. The summed E-state index contributed by atoms with van der Waals surface area (Å²) in [7, 11) is 0. The van der Waals surface area contributed by atoms with Crippen LogP contribution in [0.2, 0.25) is 0 Å². The quantitative estimate of drug-likeness (QED) is 0.190. The molecule has 6 heteroatoms. The highest BCUT2D eigenvalue weighted by Gasteiger charge is 2.39. The fourth-order valence-electron chi connectivity index (χ4n) is 5.02. The van der Waals surface area contributed by atoms with Gasteiger partial charge in [0.25, 0.3) is 0 Å². The van der Waals surface area contributed by atoms with E-state index in [1.807, 2.05) is 76.2 Å². The lowest BCUT2D eigenvalue weighted by atomic mass is 9.81. The van der Waals surface area contributed by atoms with Crippen LogP contribution >= 0.6 is 23.2 Å². The zero-order valence-electron chi connectivity index (χ0n) is 21.8. The summed E-state index contributed by atoms with van der Waals surface area (Å²) in [5.74, 6) is -0.947. The summed E-state index contributed by atoms with van der Waals surface area (Å²) in [5.41, 5.74) is 5.26. The summed E-state index contributed by atoms with van der Waals surface area (Å²) in [6, 6.07) is 15.3. The van der Waals surface area contributed by atoms with Gasteiger partial charge in [-0.25, -0.2) is 0 Å². The van der Waals surface area contributed by atoms with Crippen molar-refractivity contribution in [3.63, 3.8) is 0 Å². The van der Waals surface area contributed by atoms with Crippen LogP contribution in [0.25, 0.3) is 33.0 Å². The van der Waals surface area contributed by atoms with Gasteiger partial charge in [0.2, 0.25) is 11.6 Å². The third-order valence-electron chi connectivity index (χ3n) is 7.15. The molecule has 38 heavy (non-hydrogen) atoms. The topological polar surface area (TPSA) is 65.7 Å². The van der Waals surface area contributed by atoms with E-state index in [1.54, 1.807) is 6.08 Å². The SMILES string of the molecule is C=CC(C)(C)c1[nH]c2ccccc2c1C1=C(Cl)C(=O)C(c2c(CC=C(C)C)[nH]c3ccccc23)=C(Cl)C1=O. The Bertz CT molecular complexity index is 1750. The van der Waals surface area contributed by atoms with Crippen LogP contribution in [0.15, 0.2) is 82.9 Å². The number of halogens is 2. The fraction of sp³-hybridized carbons (Fsp3) is 0.188. The average molecular weight is 543 g/mol. The van der Waals surface area contributed by atoms with Crippen LogP contribution in [-0.4, -0.2) is 21.5 Å². The number of ketones is 2. The van der Waals surface area contributed by atoms with Crippen molar-refractivity contribution in [1.29, 1.82) is 0 Å². The number of aromatic amines is 2. The summed E-state index contributed by atoms with van der Waals surface area (Å²) >= 11 is 13.7. The van der Waals surface area contributed by atoms with E-state index < -0.39 is 17.0 Å². The molecule has 1 aliphatic carbocycles. The Labute approximate surface area is 231 Å². The Morgan fingerprint density at radius 3 is 1.89 bits per heavy atom. The second kappa shape index (κ2) is 9.61. The molecular weight excluding hydrogens is 515 g/mol. The first-order valence-electron chi connectivity index (χ1n) is 12.4. The van der Waals surface area contributed by atoms with Gasteiger partial charge in [-0.05, 0) is 26.0 Å². The molecule has 192 valence electrons. The first-order valence-corrected chi connectivity index (χ1v) is 13.2. The van der Waals surface area contributed by atoms with Crippen LogP contribution in [0.5, 0.6) is 0 Å². The van der Waals surface area contributed by atoms with Gasteiger partial charge in [0.1, 0.15) is 10.1 Å². The molecule has 0 bridgehead atoms. The van der Waals surface area contributed by atoms with E-state index in [9.17, 15) is 9.59 Å². The van der Waals surface area contributed by atoms with E-state index in [0.29, 0.717) is 17.5 Å². The molecule has 0 fully saturated rings. The predicted molar refractivity (Wildman–Crippen MR) is 159 cm³/mol. The van der Waals surface area contributed by atoms with Crippen molar-refractivity contribution in [3.05, 3.63) is 105 Å². The van der Waals surface area contributed by atoms with Crippen LogP contribution in [0.4, 0.5) is 0 Å². The molecule has 4 aromatic rings. The number of para-hydroxylation sites is 2. The second-order valence-corrected chi connectivity index (χ2v) is 11.1. The molecule has 0 radical (unpaired) electrons. The van der Waals surface area contributed by atoms with E-state index >= 15 is 0 Å². The molecular formula is C32H28Cl2N2O2. The lowest BCUT2D eigenvalue weighted by molar-refractivity contribution is -0.113. The Kier molecular flexibility index (Phi) is 6.58. The third-order valence-corrected chi connectivity index (χ3v) is 7.87. The number of aromatic nitrogens is 2. The molecule has 0 amide bonds. The van der Waals surface area contributed by atoms with E-state index in [4.69, 9.17) is 23.2 Å². The van der Waals surface area contributed by atoms with Gasteiger partial charge >= 0.3 is 0 Å². The van der Waals surface area contributed by atoms with Gasteiger partial charge in [0.05, 0.1) is 11.1 Å². The molecule has 5 rings (SSSR count). The highest BCUT2D eigenvalue weighted by Crippen LogP contribution is 2.46. The lowest BCUT2D eigenvalue weighted by Gasteiger charge is -2.24. The van der Waals surface area contributed by atoms with Crippen molar-refractivity contribution in [3.8, 4) is 0 Å². The lowest BCUT2D eigenvalue weighted by Crippen LogP contribution is -2.22. The zero-order valence-corrected chi connectivity index (χ0v) is 23.3. The van der Waals surface area contributed by atoms with Gasteiger partial charge in [-0.1, -0.05) is 91.2 Å². The van der Waals surface area contributed by atoms with Crippen molar-refractivity contribution >= 4 is 67.7 Å². The maximum absolute atomic E-state index is 14.1. The van der Waals surface area contributed by atoms with Crippen LogP contribution in [0.1, 0.15) is 50.2 Å². The van der Waals surface area contributed by atoms with Crippen LogP contribution in [0, 0.1) is 0 Å². The van der Waals surface area contributed by atoms with Gasteiger partial charge in [0, 0.05) is 56.2 Å². The molecule has 2 N–H and O–H groups in total. The van der Waals surface area contributed by atoms with Crippen molar-refractivity contribution in [2.45, 2.75) is 39.5 Å². The van der Waals surface area contributed by atoms with E-state index in [0.717, 1.165) is 38.8 Å². The van der Waals surface area contributed by atoms with Crippen LogP contribution in [-0.2, 0) is 21.4 Å². The molecule has 0 saturated heterocycles.